The van der Waals surface area contributed by atoms with E-state index in [4.69, 9.17) is 0 Å². The summed E-state index contributed by atoms with van der Waals surface area (Å²) in [5.41, 5.74) is 4.52. The summed E-state index contributed by atoms with van der Waals surface area (Å²) in [4.78, 5) is 8.51. The van der Waals surface area contributed by atoms with E-state index in [1.165, 1.54) is 11.1 Å². The molecule has 0 aliphatic rings. The maximum atomic E-state index is 9.60. The van der Waals surface area contributed by atoms with Gasteiger partial charge in [-0.05, 0) is 53.3 Å². The number of aliphatic hydroxyl groups excluding tert-OH is 1. The minimum Gasteiger partial charge on any atom is -0.396 e. The largest absolute Gasteiger partial charge is 0.396 e. The van der Waals surface area contributed by atoms with Crippen molar-refractivity contribution in [2.45, 2.75) is 13.0 Å². The van der Waals surface area contributed by atoms with E-state index in [0.29, 0.717) is 0 Å². The van der Waals surface area contributed by atoms with Crippen molar-refractivity contribution in [3.05, 3.63) is 84.4 Å². The van der Waals surface area contributed by atoms with Gasteiger partial charge in [0.05, 0.1) is 0 Å². The van der Waals surface area contributed by atoms with Crippen molar-refractivity contribution in [3.8, 4) is 11.1 Å². The second-order valence-corrected chi connectivity index (χ2v) is 6.15. The highest BCUT2D eigenvalue weighted by Gasteiger charge is 2.09. The molecule has 3 rings (SSSR count). The summed E-state index contributed by atoms with van der Waals surface area (Å²) in [5.74, 6) is 0.163. The molecule has 2 heterocycles. The van der Waals surface area contributed by atoms with Crippen LogP contribution in [-0.2, 0) is 13.0 Å². The van der Waals surface area contributed by atoms with E-state index in [1.807, 2.05) is 30.5 Å². The van der Waals surface area contributed by atoms with Crippen molar-refractivity contribution in [1.29, 1.82) is 0 Å². The number of hydrogen-bond donors (Lipinski definition) is 2. The Morgan fingerprint density at radius 2 is 1.88 bits per heavy atom. The highest BCUT2D eigenvalue weighted by atomic mass is 16.3. The number of nitrogens with one attached hydrogen (secondary N) is 1. The fraction of sp³-hybridized carbons (Fsp3) is 0.238. The van der Waals surface area contributed by atoms with Gasteiger partial charge in [-0.2, -0.15) is 0 Å². The molecule has 4 heteroatoms. The molecule has 0 saturated heterocycles. The van der Waals surface area contributed by atoms with Crippen LogP contribution >= 0.6 is 0 Å². The van der Waals surface area contributed by atoms with E-state index in [2.05, 4.69) is 45.6 Å². The normalized spacial score (nSPS) is 12.0. The van der Waals surface area contributed by atoms with E-state index >= 15 is 0 Å². The first kappa shape index (κ1) is 17.3. The van der Waals surface area contributed by atoms with E-state index < -0.39 is 0 Å². The van der Waals surface area contributed by atoms with Gasteiger partial charge in [-0.15, -0.1) is 0 Å². The monoisotopic (exact) mass is 333 g/mol. The van der Waals surface area contributed by atoms with Crippen molar-refractivity contribution in [3.63, 3.8) is 0 Å². The van der Waals surface area contributed by atoms with Gasteiger partial charge in [-0.1, -0.05) is 30.3 Å². The van der Waals surface area contributed by atoms with Gasteiger partial charge < -0.3 is 10.4 Å². The minimum absolute atomic E-state index is 0.152. The third-order valence-corrected chi connectivity index (χ3v) is 4.17. The first-order valence-electron chi connectivity index (χ1n) is 8.56. The van der Waals surface area contributed by atoms with Gasteiger partial charge in [0.25, 0.3) is 0 Å². The van der Waals surface area contributed by atoms with Crippen LogP contribution < -0.4 is 5.32 Å². The van der Waals surface area contributed by atoms with Gasteiger partial charge in [0.1, 0.15) is 0 Å². The van der Waals surface area contributed by atoms with Crippen LogP contribution in [0.5, 0.6) is 0 Å². The molecular weight excluding hydrogens is 310 g/mol. The van der Waals surface area contributed by atoms with E-state index in [9.17, 15) is 5.11 Å². The van der Waals surface area contributed by atoms with Crippen molar-refractivity contribution < 1.29 is 5.11 Å². The van der Waals surface area contributed by atoms with Crippen LogP contribution in [0.2, 0.25) is 0 Å². The Hall–Kier alpha value is -2.56. The second kappa shape index (κ2) is 9.06. The van der Waals surface area contributed by atoms with Crippen molar-refractivity contribution in [1.82, 2.24) is 15.3 Å². The van der Waals surface area contributed by atoms with Gasteiger partial charge in [0.2, 0.25) is 0 Å². The van der Waals surface area contributed by atoms with Gasteiger partial charge in [0, 0.05) is 44.0 Å². The zero-order valence-corrected chi connectivity index (χ0v) is 14.2. The number of rotatable bonds is 8. The molecule has 2 aromatic heterocycles. The molecule has 0 aliphatic heterocycles. The average molecular weight is 333 g/mol. The van der Waals surface area contributed by atoms with Crippen LogP contribution in [0.15, 0.2) is 73.2 Å². The molecule has 1 aromatic carbocycles. The highest BCUT2D eigenvalue weighted by Crippen LogP contribution is 2.19. The molecule has 3 aromatic rings. The lowest BCUT2D eigenvalue weighted by Gasteiger charge is -2.15. The summed E-state index contributed by atoms with van der Waals surface area (Å²) < 4.78 is 0. The van der Waals surface area contributed by atoms with E-state index in [0.717, 1.165) is 30.8 Å². The van der Waals surface area contributed by atoms with Crippen LogP contribution in [0, 0.1) is 5.92 Å². The van der Waals surface area contributed by atoms with Gasteiger partial charge in [0.15, 0.2) is 0 Å². The number of nitrogens with zero attached hydrogens (tertiary/aromatic N) is 2. The lowest BCUT2D eigenvalue weighted by atomic mass is 10.0. The Bertz CT molecular complexity index is 762. The zero-order chi connectivity index (χ0) is 17.3. The van der Waals surface area contributed by atoms with E-state index in [-0.39, 0.29) is 12.5 Å². The summed E-state index contributed by atoms with van der Waals surface area (Å²) >= 11 is 0. The van der Waals surface area contributed by atoms with Crippen LogP contribution in [0.3, 0.4) is 0 Å². The van der Waals surface area contributed by atoms with Gasteiger partial charge >= 0.3 is 0 Å². The van der Waals surface area contributed by atoms with Gasteiger partial charge in [-0.3, -0.25) is 9.97 Å². The Balaban J connectivity index is 1.54. The molecular formula is C21H23N3O. The SMILES string of the molecule is OCC(CNCc1cccc(-c2cccnc2)c1)Cc1ccccn1. The standard InChI is InChI=1S/C21H23N3O/c25-16-18(12-21-8-1-2-10-24-21)14-23-13-17-5-3-6-19(11-17)20-7-4-9-22-15-20/h1-11,15,18,23,25H,12-14,16H2. The molecule has 128 valence electrons. The van der Waals surface area contributed by atoms with Crippen LogP contribution in [-0.4, -0.2) is 28.2 Å². The number of benzene rings is 1. The lowest BCUT2D eigenvalue weighted by Crippen LogP contribution is -2.26. The first-order chi connectivity index (χ1) is 12.3. The quantitative estimate of drug-likeness (QED) is 0.665. The average Bonchev–Trinajstić information content (AvgIpc) is 2.69. The summed E-state index contributed by atoms with van der Waals surface area (Å²) in [6, 6.07) is 18.3. The van der Waals surface area contributed by atoms with E-state index in [1.54, 1.807) is 12.4 Å². The Labute approximate surface area is 148 Å². The number of aromatic nitrogens is 2. The highest BCUT2D eigenvalue weighted by molar-refractivity contribution is 5.62. The third kappa shape index (κ3) is 5.21. The van der Waals surface area contributed by atoms with Crippen molar-refractivity contribution in [2.75, 3.05) is 13.2 Å². The van der Waals surface area contributed by atoms with Crippen molar-refractivity contribution >= 4 is 0 Å². The van der Waals surface area contributed by atoms with Crippen LogP contribution in [0.25, 0.3) is 11.1 Å². The predicted octanol–water partition coefficient (Wildman–Crippen LogP) is 3.08. The molecule has 0 bridgehead atoms. The number of pyridine rings is 2. The smallest absolute Gasteiger partial charge is 0.0475 e. The zero-order valence-electron chi connectivity index (χ0n) is 14.2. The minimum atomic E-state index is 0.152. The van der Waals surface area contributed by atoms with Crippen LogP contribution in [0.4, 0.5) is 0 Å². The molecule has 2 N–H and O–H groups in total. The molecule has 0 aliphatic carbocycles. The second-order valence-electron chi connectivity index (χ2n) is 6.15. The lowest BCUT2D eigenvalue weighted by molar-refractivity contribution is 0.220. The fourth-order valence-electron chi connectivity index (χ4n) is 2.83. The molecule has 0 amide bonds. The van der Waals surface area contributed by atoms with Crippen LogP contribution in [0.1, 0.15) is 11.3 Å². The summed E-state index contributed by atoms with van der Waals surface area (Å²) in [7, 11) is 0. The third-order valence-electron chi connectivity index (χ3n) is 4.17. The maximum absolute atomic E-state index is 9.60. The fourth-order valence-corrected chi connectivity index (χ4v) is 2.83. The summed E-state index contributed by atoms with van der Waals surface area (Å²) in [6.07, 6.45) is 6.23. The summed E-state index contributed by atoms with van der Waals surface area (Å²) in [5, 5.41) is 13.1. The number of hydrogen-bond acceptors (Lipinski definition) is 4. The Morgan fingerprint density at radius 3 is 2.64 bits per heavy atom. The topological polar surface area (TPSA) is 58.0 Å². The van der Waals surface area contributed by atoms with Crippen molar-refractivity contribution in [2.24, 2.45) is 5.92 Å². The first-order valence-corrected chi connectivity index (χ1v) is 8.56. The Kier molecular flexibility index (Phi) is 6.26. The maximum Gasteiger partial charge on any atom is 0.0475 e. The molecule has 25 heavy (non-hydrogen) atoms. The molecule has 0 spiro atoms. The summed E-state index contributed by atoms with van der Waals surface area (Å²) in [6.45, 7) is 1.68. The molecule has 1 atom stereocenters. The molecule has 0 fully saturated rings. The molecule has 4 nitrogen and oxygen atoms in total. The Morgan fingerprint density at radius 1 is 0.960 bits per heavy atom. The molecule has 0 radical (unpaired) electrons. The molecule has 1 unspecified atom stereocenters. The molecule has 0 saturated carbocycles. The number of aliphatic hydroxyl groups is 1. The van der Waals surface area contributed by atoms with Gasteiger partial charge in [-0.25, -0.2) is 0 Å². The predicted molar refractivity (Wildman–Crippen MR) is 99.9 cm³/mol.